The molecule has 2 rings (SSSR count). The lowest BCUT2D eigenvalue weighted by Gasteiger charge is -2.38. The van der Waals surface area contributed by atoms with Gasteiger partial charge in [-0.15, -0.1) is 0 Å². The first-order valence-corrected chi connectivity index (χ1v) is 6.22. The number of rotatable bonds is 3. The molecule has 1 aliphatic heterocycles. The maximum absolute atomic E-state index is 5.68. The van der Waals surface area contributed by atoms with Crippen molar-refractivity contribution in [3.63, 3.8) is 0 Å². The summed E-state index contributed by atoms with van der Waals surface area (Å²) >= 11 is 0. The lowest BCUT2D eigenvalue weighted by molar-refractivity contribution is 0.168. The van der Waals surface area contributed by atoms with Gasteiger partial charge in [0.15, 0.2) is 0 Å². The van der Waals surface area contributed by atoms with E-state index in [9.17, 15) is 0 Å². The molecule has 0 aliphatic carbocycles. The maximum atomic E-state index is 5.68. The van der Waals surface area contributed by atoms with E-state index in [-0.39, 0.29) is 0 Å². The summed E-state index contributed by atoms with van der Waals surface area (Å²) < 4.78 is 0. The average Bonchev–Trinajstić information content (AvgIpc) is 2.29. The second-order valence-corrected chi connectivity index (χ2v) is 4.93. The van der Waals surface area contributed by atoms with E-state index in [0.717, 1.165) is 19.5 Å². The number of hydrogen-bond donors (Lipinski definition) is 1. The van der Waals surface area contributed by atoms with Crippen LogP contribution in [-0.2, 0) is 6.42 Å². The van der Waals surface area contributed by atoms with Crippen LogP contribution in [0.5, 0.6) is 0 Å². The van der Waals surface area contributed by atoms with Gasteiger partial charge in [-0.2, -0.15) is 0 Å². The van der Waals surface area contributed by atoms with Crippen molar-refractivity contribution in [2.24, 2.45) is 11.7 Å². The van der Waals surface area contributed by atoms with Gasteiger partial charge in [0.05, 0.1) is 0 Å². The molecule has 2 unspecified atom stereocenters. The fourth-order valence-corrected chi connectivity index (χ4v) is 2.89. The van der Waals surface area contributed by atoms with Crippen LogP contribution >= 0.6 is 0 Å². The van der Waals surface area contributed by atoms with Gasteiger partial charge in [0.2, 0.25) is 0 Å². The molecule has 0 fully saturated rings. The van der Waals surface area contributed by atoms with Gasteiger partial charge in [-0.25, -0.2) is 0 Å². The van der Waals surface area contributed by atoms with Gasteiger partial charge in [-0.1, -0.05) is 31.2 Å². The van der Waals surface area contributed by atoms with Gasteiger partial charge in [-0.3, -0.25) is 4.90 Å². The number of likely N-dealkylation sites (N-methyl/N-ethyl adjacent to an activating group) is 1. The molecular formula is C14H22N2. The zero-order valence-corrected chi connectivity index (χ0v) is 10.3. The smallest absolute Gasteiger partial charge is 0.0373 e. The van der Waals surface area contributed by atoms with Crippen molar-refractivity contribution < 1.29 is 0 Å². The molecule has 88 valence electrons. The number of fused-ring (bicyclic) bond motifs is 1. The van der Waals surface area contributed by atoms with Crippen LogP contribution in [0, 0.1) is 5.92 Å². The Morgan fingerprint density at radius 3 is 2.94 bits per heavy atom. The average molecular weight is 218 g/mol. The van der Waals surface area contributed by atoms with E-state index in [2.05, 4.69) is 43.1 Å². The minimum absolute atomic E-state index is 0.550. The third kappa shape index (κ3) is 2.13. The summed E-state index contributed by atoms with van der Waals surface area (Å²) in [5, 5.41) is 0. The van der Waals surface area contributed by atoms with Crippen LogP contribution in [-0.4, -0.2) is 25.0 Å². The number of nitrogens with zero attached hydrogens (tertiary/aromatic N) is 1. The molecule has 1 aromatic carbocycles. The van der Waals surface area contributed by atoms with Crippen molar-refractivity contribution in [2.75, 3.05) is 20.1 Å². The van der Waals surface area contributed by atoms with Gasteiger partial charge in [-0.05, 0) is 43.5 Å². The fraction of sp³-hybridized carbons (Fsp3) is 0.571. The highest BCUT2D eigenvalue weighted by atomic mass is 15.1. The quantitative estimate of drug-likeness (QED) is 0.842. The molecule has 2 N–H and O–H groups in total. The standard InChI is InChI=1S/C14H22N2/c1-11(7-9-15)14-13-6-4-3-5-12(13)8-10-16(14)2/h3-6,11,14H,7-10,15H2,1-2H3. The molecule has 2 heteroatoms. The van der Waals surface area contributed by atoms with Crippen LogP contribution < -0.4 is 5.73 Å². The molecule has 1 heterocycles. The summed E-state index contributed by atoms with van der Waals surface area (Å²) in [6, 6.07) is 9.40. The van der Waals surface area contributed by atoms with E-state index in [1.54, 1.807) is 0 Å². The largest absolute Gasteiger partial charge is 0.330 e. The van der Waals surface area contributed by atoms with E-state index >= 15 is 0 Å². The SMILES string of the molecule is CC(CCN)C1c2ccccc2CCN1C. The van der Waals surface area contributed by atoms with Crippen LogP contribution in [0.4, 0.5) is 0 Å². The Bertz CT molecular complexity index is 348. The van der Waals surface area contributed by atoms with Crippen molar-refractivity contribution >= 4 is 0 Å². The van der Waals surface area contributed by atoms with E-state index in [0.29, 0.717) is 12.0 Å². The number of hydrogen-bond acceptors (Lipinski definition) is 2. The van der Waals surface area contributed by atoms with Crippen LogP contribution in [0.15, 0.2) is 24.3 Å². The van der Waals surface area contributed by atoms with Gasteiger partial charge < -0.3 is 5.73 Å². The van der Waals surface area contributed by atoms with Crippen molar-refractivity contribution in [1.29, 1.82) is 0 Å². The summed E-state index contributed by atoms with van der Waals surface area (Å²) in [4.78, 5) is 2.47. The third-order valence-electron chi connectivity index (χ3n) is 3.74. The molecule has 0 amide bonds. The van der Waals surface area contributed by atoms with Crippen molar-refractivity contribution in [2.45, 2.75) is 25.8 Å². The van der Waals surface area contributed by atoms with Crippen LogP contribution in [0.3, 0.4) is 0 Å². The number of nitrogens with two attached hydrogens (primary N) is 1. The first-order valence-electron chi connectivity index (χ1n) is 6.22. The van der Waals surface area contributed by atoms with E-state index in [4.69, 9.17) is 5.73 Å². The highest BCUT2D eigenvalue weighted by Crippen LogP contribution is 2.35. The molecule has 0 bridgehead atoms. The first kappa shape index (κ1) is 11.6. The topological polar surface area (TPSA) is 29.3 Å². The third-order valence-corrected chi connectivity index (χ3v) is 3.74. The van der Waals surface area contributed by atoms with Gasteiger partial charge in [0, 0.05) is 12.6 Å². The van der Waals surface area contributed by atoms with Gasteiger partial charge in [0.1, 0.15) is 0 Å². The normalized spacial score (nSPS) is 22.8. The summed E-state index contributed by atoms with van der Waals surface area (Å²) in [5.41, 5.74) is 8.72. The molecule has 0 aromatic heterocycles. The monoisotopic (exact) mass is 218 g/mol. The Morgan fingerprint density at radius 1 is 1.44 bits per heavy atom. The minimum Gasteiger partial charge on any atom is -0.330 e. The Hall–Kier alpha value is -0.860. The van der Waals surface area contributed by atoms with E-state index < -0.39 is 0 Å². The molecule has 0 saturated carbocycles. The molecular weight excluding hydrogens is 196 g/mol. The van der Waals surface area contributed by atoms with Crippen LogP contribution in [0.2, 0.25) is 0 Å². The second kappa shape index (κ2) is 4.98. The highest BCUT2D eigenvalue weighted by molar-refractivity contribution is 5.32. The molecule has 0 saturated heterocycles. The zero-order valence-electron chi connectivity index (χ0n) is 10.3. The van der Waals surface area contributed by atoms with Crippen LogP contribution in [0.1, 0.15) is 30.5 Å². The second-order valence-electron chi connectivity index (χ2n) is 4.93. The Morgan fingerprint density at radius 2 is 2.19 bits per heavy atom. The molecule has 1 aliphatic rings. The molecule has 1 aromatic rings. The molecule has 0 radical (unpaired) electrons. The first-order chi connectivity index (χ1) is 7.74. The maximum Gasteiger partial charge on any atom is 0.0373 e. The molecule has 0 spiro atoms. The lowest BCUT2D eigenvalue weighted by atomic mass is 9.84. The van der Waals surface area contributed by atoms with E-state index in [1.165, 1.54) is 17.5 Å². The summed E-state index contributed by atoms with van der Waals surface area (Å²) in [5.74, 6) is 0.636. The minimum atomic E-state index is 0.550. The number of benzene rings is 1. The van der Waals surface area contributed by atoms with Crippen molar-refractivity contribution in [3.8, 4) is 0 Å². The predicted molar refractivity (Wildman–Crippen MR) is 68.4 cm³/mol. The Balaban J connectivity index is 2.29. The molecule has 2 nitrogen and oxygen atoms in total. The van der Waals surface area contributed by atoms with Crippen molar-refractivity contribution in [3.05, 3.63) is 35.4 Å². The zero-order chi connectivity index (χ0) is 11.5. The highest BCUT2D eigenvalue weighted by Gasteiger charge is 2.28. The summed E-state index contributed by atoms with van der Waals surface area (Å²) in [6.07, 6.45) is 2.28. The fourth-order valence-electron chi connectivity index (χ4n) is 2.89. The predicted octanol–water partition coefficient (Wildman–Crippen LogP) is 2.20. The molecule has 16 heavy (non-hydrogen) atoms. The van der Waals surface area contributed by atoms with E-state index in [1.807, 2.05) is 0 Å². The van der Waals surface area contributed by atoms with Gasteiger partial charge >= 0.3 is 0 Å². The molecule has 2 atom stereocenters. The lowest BCUT2D eigenvalue weighted by Crippen LogP contribution is -2.36. The summed E-state index contributed by atoms with van der Waals surface area (Å²) in [6.45, 7) is 4.26. The van der Waals surface area contributed by atoms with Gasteiger partial charge in [0.25, 0.3) is 0 Å². The van der Waals surface area contributed by atoms with Crippen molar-refractivity contribution in [1.82, 2.24) is 4.90 Å². The van der Waals surface area contributed by atoms with Crippen LogP contribution in [0.25, 0.3) is 0 Å². The summed E-state index contributed by atoms with van der Waals surface area (Å²) in [7, 11) is 2.23. The Labute approximate surface area is 98.4 Å². The Kier molecular flexibility index (Phi) is 3.62.